The number of nitrogens with two attached hydrogens (primary N) is 1. The molecule has 0 fully saturated rings. The van der Waals surface area contributed by atoms with Crippen molar-refractivity contribution in [2.24, 2.45) is 5.73 Å². The van der Waals surface area contributed by atoms with E-state index >= 15 is 0 Å². The summed E-state index contributed by atoms with van der Waals surface area (Å²) in [6, 6.07) is 1.81. The van der Waals surface area contributed by atoms with Crippen molar-refractivity contribution in [1.82, 2.24) is 4.98 Å². The lowest BCUT2D eigenvalue weighted by Crippen LogP contribution is -2.39. The summed E-state index contributed by atoms with van der Waals surface area (Å²) in [4.78, 5) is 3.96. The molecule has 4 heteroatoms. The van der Waals surface area contributed by atoms with Crippen molar-refractivity contribution >= 4 is 15.9 Å². The first-order valence-electron chi connectivity index (χ1n) is 3.98. The summed E-state index contributed by atoms with van der Waals surface area (Å²) in [5, 5.41) is 9.80. The Morgan fingerprint density at radius 3 is 2.62 bits per heavy atom. The van der Waals surface area contributed by atoms with Gasteiger partial charge in [0.1, 0.15) is 0 Å². The molecule has 0 bridgehead atoms. The molecule has 0 saturated carbocycles. The van der Waals surface area contributed by atoms with E-state index < -0.39 is 11.6 Å². The van der Waals surface area contributed by atoms with E-state index in [-0.39, 0.29) is 0 Å². The van der Waals surface area contributed by atoms with Crippen LogP contribution in [0.25, 0.3) is 0 Å². The zero-order valence-electron chi connectivity index (χ0n) is 7.66. The monoisotopic (exact) mass is 244 g/mol. The van der Waals surface area contributed by atoms with Gasteiger partial charge in [0.15, 0.2) is 0 Å². The third kappa shape index (κ3) is 2.76. The van der Waals surface area contributed by atoms with Crippen molar-refractivity contribution in [3.8, 4) is 0 Å². The van der Waals surface area contributed by atoms with Crippen LogP contribution in [-0.2, 0) is 0 Å². The maximum Gasteiger partial charge on any atom is 0.0979 e. The molecule has 1 unspecified atom stereocenters. The fourth-order valence-electron chi connectivity index (χ4n) is 1.01. The summed E-state index contributed by atoms with van der Waals surface area (Å²) >= 11 is 3.28. The normalized spacial score (nSPS) is 14.2. The second-order valence-electron chi connectivity index (χ2n) is 3.66. The molecule has 3 N–H and O–H groups in total. The van der Waals surface area contributed by atoms with Crippen LogP contribution in [0, 0.1) is 0 Å². The summed E-state index contributed by atoms with van der Waals surface area (Å²) in [7, 11) is 0. The predicted octanol–water partition coefficient (Wildman–Crippen LogP) is 1.61. The molecular weight excluding hydrogens is 232 g/mol. The summed E-state index contributed by atoms with van der Waals surface area (Å²) in [5.74, 6) is 0. The Bertz CT molecular complexity index is 296. The summed E-state index contributed by atoms with van der Waals surface area (Å²) in [5.41, 5.74) is 5.84. The number of hydrogen-bond donors (Lipinski definition) is 2. The summed E-state index contributed by atoms with van der Waals surface area (Å²) in [6.07, 6.45) is 2.58. The lowest BCUT2D eigenvalue weighted by atomic mass is 9.94. The quantitative estimate of drug-likeness (QED) is 0.832. The Balaban J connectivity index is 2.96. The lowest BCUT2D eigenvalue weighted by Gasteiger charge is -2.25. The first kappa shape index (κ1) is 10.6. The van der Waals surface area contributed by atoms with E-state index in [9.17, 15) is 5.11 Å². The molecule has 1 aromatic heterocycles. The highest BCUT2D eigenvalue weighted by molar-refractivity contribution is 9.10. The van der Waals surface area contributed by atoms with E-state index in [0.29, 0.717) is 0 Å². The minimum absolute atomic E-state index is 0.650. The number of aromatic nitrogens is 1. The van der Waals surface area contributed by atoms with Crippen LogP contribution < -0.4 is 5.73 Å². The number of rotatable bonds is 2. The van der Waals surface area contributed by atoms with Crippen molar-refractivity contribution in [3.63, 3.8) is 0 Å². The Morgan fingerprint density at radius 1 is 1.54 bits per heavy atom. The summed E-state index contributed by atoms with van der Waals surface area (Å²) < 4.78 is 0.841. The molecular formula is C9H13BrN2O. The molecule has 0 radical (unpaired) electrons. The molecule has 0 spiro atoms. The molecule has 72 valence electrons. The van der Waals surface area contributed by atoms with Gasteiger partial charge in [0, 0.05) is 28.0 Å². The van der Waals surface area contributed by atoms with Crippen LogP contribution in [0.1, 0.15) is 25.5 Å². The molecule has 3 nitrogen and oxygen atoms in total. The van der Waals surface area contributed by atoms with Crippen LogP contribution in [-0.4, -0.2) is 15.6 Å². The first-order chi connectivity index (χ1) is 5.91. The van der Waals surface area contributed by atoms with Gasteiger partial charge in [0.2, 0.25) is 0 Å². The van der Waals surface area contributed by atoms with Crippen molar-refractivity contribution in [1.29, 1.82) is 0 Å². The number of halogens is 1. The van der Waals surface area contributed by atoms with Crippen LogP contribution in [0.5, 0.6) is 0 Å². The van der Waals surface area contributed by atoms with Crippen LogP contribution in [0.15, 0.2) is 22.9 Å². The fourth-order valence-corrected chi connectivity index (χ4v) is 1.39. The van der Waals surface area contributed by atoms with Crippen molar-refractivity contribution in [3.05, 3.63) is 28.5 Å². The smallest absolute Gasteiger partial charge is 0.0979 e. The Kier molecular flexibility index (Phi) is 3.05. The maximum absolute atomic E-state index is 9.80. The van der Waals surface area contributed by atoms with Gasteiger partial charge in [-0.15, -0.1) is 0 Å². The highest BCUT2D eigenvalue weighted by Crippen LogP contribution is 2.24. The predicted molar refractivity (Wildman–Crippen MR) is 55.2 cm³/mol. The average Bonchev–Trinajstić information content (AvgIpc) is 2.01. The molecule has 1 atom stereocenters. The number of nitrogens with zero attached hydrogens (tertiary/aromatic N) is 1. The second kappa shape index (κ2) is 3.74. The molecule has 0 aliphatic heterocycles. The number of hydrogen-bond acceptors (Lipinski definition) is 3. The van der Waals surface area contributed by atoms with E-state index in [1.165, 1.54) is 0 Å². The molecule has 1 rings (SSSR count). The van der Waals surface area contributed by atoms with E-state index in [4.69, 9.17) is 5.73 Å². The molecule has 0 aliphatic rings. The number of aliphatic hydroxyl groups is 1. The van der Waals surface area contributed by atoms with Gasteiger partial charge in [-0.1, -0.05) is 0 Å². The van der Waals surface area contributed by atoms with Crippen LogP contribution in [0.3, 0.4) is 0 Å². The molecule has 13 heavy (non-hydrogen) atoms. The number of aliphatic hydroxyl groups excluding tert-OH is 1. The fraction of sp³-hybridized carbons (Fsp3) is 0.444. The zero-order valence-corrected chi connectivity index (χ0v) is 9.25. The SMILES string of the molecule is CC(C)(N)C(O)c1cncc(Br)c1. The summed E-state index contributed by atoms with van der Waals surface area (Å²) in [6.45, 7) is 3.55. The first-order valence-corrected chi connectivity index (χ1v) is 4.78. The Hall–Kier alpha value is -0.450. The molecule has 1 heterocycles. The Morgan fingerprint density at radius 2 is 2.15 bits per heavy atom. The lowest BCUT2D eigenvalue weighted by molar-refractivity contribution is 0.104. The highest BCUT2D eigenvalue weighted by atomic mass is 79.9. The van der Waals surface area contributed by atoms with Crippen LogP contribution >= 0.6 is 15.9 Å². The van der Waals surface area contributed by atoms with E-state index in [1.807, 2.05) is 6.07 Å². The van der Waals surface area contributed by atoms with Crippen molar-refractivity contribution in [2.45, 2.75) is 25.5 Å². The maximum atomic E-state index is 9.80. The molecule has 1 aromatic rings. The molecule has 0 aliphatic carbocycles. The van der Waals surface area contributed by atoms with Gasteiger partial charge >= 0.3 is 0 Å². The average molecular weight is 245 g/mol. The minimum atomic E-state index is -0.697. The second-order valence-corrected chi connectivity index (χ2v) is 4.58. The highest BCUT2D eigenvalue weighted by Gasteiger charge is 2.24. The van der Waals surface area contributed by atoms with E-state index in [2.05, 4.69) is 20.9 Å². The molecule has 0 saturated heterocycles. The number of pyridine rings is 1. The standard InChI is InChI=1S/C9H13BrN2O/c1-9(2,11)8(13)6-3-7(10)5-12-4-6/h3-5,8,13H,11H2,1-2H3. The molecule has 0 aromatic carbocycles. The van der Waals surface area contributed by atoms with Crippen molar-refractivity contribution in [2.75, 3.05) is 0 Å². The van der Waals surface area contributed by atoms with Gasteiger partial charge in [-0.05, 0) is 35.8 Å². The van der Waals surface area contributed by atoms with Gasteiger partial charge in [-0.3, -0.25) is 4.98 Å². The third-order valence-electron chi connectivity index (χ3n) is 1.75. The van der Waals surface area contributed by atoms with Gasteiger partial charge in [0.25, 0.3) is 0 Å². The minimum Gasteiger partial charge on any atom is -0.386 e. The van der Waals surface area contributed by atoms with E-state index in [1.54, 1.807) is 26.2 Å². The topological polar surface area (TPSA) is 59.1 Å². The third-order valence-corrected chi connectivity index (χ3v) is 2.18. The van der Waals surface area contributed by atoms with Gasteiger partial charge < -0.3 is 10.8 Å². The van der Waals surface area contributed by atoms with Crippen LogP contribution in [0.4, 0.5) is 0 Å². The van der Waals surface area contributed by atoms with Gasteiger partial charge in [-0.2, -0.15) is 0 Å². The van der Waals surface area contributed by atoms with Gasteiger partial charge in [0.05, 0.1) is 6.10 Å². The molecule has 0 amide bonds. The Labute approximate surface area is 86.1 Å². The van der Waals surface area contributed by atoms with E-state index in [0.717, 1.165) is 10.0 Å². The zero-order chi connectivity index (χ0) is 10.1. The van der Waals surface area contributed by atoms with Gasteiger partial charge in [-0.25, -0.2) is 0 Å². The van der Waals surface area contributed by atoms with Crippen LogP contribution in [0.2, 0.25) is 0 Å². The largest absolute Gasteiger partial charge is 0.386 e. The van der Waals surface area contributed by atoms with Crippen molar-refractivity contribution < 1.29 is 5.11 Å².